The maximum Gasteiger partial charge on any atom is 1.00 e. The van der Waals surface area contributed by atoms with E-state index in [9.17, 15) is 27.7 Å². The average Bonchev–Trinajstić information content (AvgIpc) is 2.71. The minimum Gasteiger partial charge on any atom is -0.744 e. The zero-order chi connectivity index (χ0) is 15.4. The average molecular weight is 342 g/mol. The first-order valence-electron chi connectivity index (χ1n) is 5.82. The number of rotatable bonds is 2. The van der Waals surface area contributed by atoms with Crippen molar-refractivity contribution in [1.29, 1.82) is 0 Å². The Bertz CT molecular complexity index is 917. The van der Waals surface area contributed by atoms with E-state index in [4.69, 9.17) is 0 Å². The molecular weight excluding hydrogens is 335 g/mol. The number of benzene rings is 2. The van der Waals surface area contributed by atoms with Crippen LogP contribution in [-0.2, 0) is 10.1 Å². The van der Waals surface area contributed by atoms with Crippen LogP contribution >= 0.6 is 0 Å². The van der Waals surface area contributed by atoms with Gasteiger partial charge in [-0.05, 0) is 23.8 Å². The maximum absolute atomic E-state index is 12.3. The quantitative estimate of drug-likeness (QED) is 0.448. The van der Waals surface area contributed by atoms with Crippen molar-refractivity contribution in [1.82, 2.24) is 0 Å². The van der Waals surface area contributed by atoms with Crippen LogP contribution < -0.4 is 51.4 Å². The molecule has 0 bridgehead atoms. The summed E-state index contributed by atoms with van der Waals surface area (Å²) in [5, 5.41) is 9.19. The summed E-state index contributed by atoms with van der Waals surface area (Å²) in [7, 11) is -4.68. The van der Waals surface area contributed by atoms with Gasteiger partial charge in [0.15, 0.2) is 5.78 Å². The maximum atomic E-state index is 12.3. The second kappa shape index (κ2) is 5.97. The van der Waals surface area contributed by atoms with E-state index in [2.05, 4.69) is 0 Å². The van der Waals surface area contributed by atoms with E-state index in [-0.39, 0.29) is 73.6 Å². The van der Waals surface area contributed by atoms with Gasteiger partial charge in [0.1, 0.15) is 10.1 Å². The van der Waals surface area contributed by atoms with Crippen LogP contribution in [0.1, 0.15) is 26.3 Å². The number of carbonyl (C=O) groups is 2. The second-order valence-corrected chi connectivity index (χ2v) is 5.90. The fourth-order valence-electron chi connectivity index (χ4n) is 2.44. The molecule has 0 atom stereocenters. The molecule has 0 aromatic heterocycles. The van der Waals surface area contributed by atoms with Gasteiger partial charge in [-0.1, -0.05) is 18.2 Å². The minimum atomic E-state index is -4.68. The van der Waals surface area contributed by atoms with Crippen LogP contribution in [0.2, 0.25) is 0 Å². The van der Waals surface area contributed by atoms with Crippen molar-refractivity contribution in [2.24, 2.45) is 0 Å². The van der Waals surface area contributed by atoms with Crippen LogP contribution in [0.15, 0.2) is 41.3 Å². The molecule has 8 heteroatoms. The van der Waals surface area contributed by atoms with E-state index in [1.54, 1.807) is 0 Å². The first kappa shape index (κ1) is 17.5. The van der Waals surface area contributed by atoms with Gasteiger partial charge in [0, 0.05) is 16.7 Å². The zero-order valence-corrected chi connectivity index (χ0v) is 15.3. The molecule has 6 nitrogen and oxygen atoms in total. The number of hydrogen-bond acceptors (Lipinski definition) is 5. The number of fused-ring (bicyclic) bond motifs is 3. The first-order valence-corrected chi connectivity index (χ1v) is 7.23. The van der Waals surface area contributed by atoms with Gasteiger partial charge in [-0.15, -0.1) is 0 Å². The molecule has 1 aliphatic carbocycles. The standard InChI is InChI=1S/C14H8O6S.K/c15-13-9-2-1-3-10(14(16)17)12(9)8-5-4-7(6-11(8)13)21(18,19)20;/h1-6H,(H,16,17)(H,18,19,20);/q;+1/p-1. The van der Waals surface area contributed by atoms with E-state index >= 15 is 0 Å². The summed E-state index contributed by atoms with van der Waals surface area (Å²) < 4.78 is 33.1. The van der Waals surface area contributed by atoms with Crippen molar-refractivity contribution in [3.63, 3.8) is 0 Å². The number of ketones is 1. The normalized spacial score (nSPS) is 12.3. The number of hydrogen-bond donors (Lipinski definition) is 1. The summed E-state index contributed by atoms with van der Waals surface area (Å²) in [5.74, 6) is -1.68. The summed E-state index contributed by atoms with van der Waals surface area (Å²) in [5.41, 5.74) is 0.735. The Morgan fingerprint density at radius 2 is 1.73 bits per heavy atom. The van der Waals surface area contributed by atoms with Crippen molar-refractivity contribution < 1.29 is 79.1 Å². The molecule has 2 aromatic rings. The monoisotopic (exact) mass is 342 g/mol. The van der Waals surface area contributed by atoms with Crippen molar-refractivity contribution in [3.05, 3.63) is 53.1 Å². The largest absolute Gasteiger partial charge is 1.00 e. The number of carboxylic acids is 1. The van der Waals surface area contributed by atoms with Crippen LogP contribution in [0.4, 0.5) is 0 Å². The number of carbonyl (C=O) groups excluding carboxylic acids is 1. The molecule has 0 aliphatic heterocycles. The molecule has 0 saturated heterocycles. The molecular formula is C14H7KO6S. The van der Waals surface area contributed by atoms with Gasteiger partial charge < -0.3 is 9.66 Å². The third-order valence-corrected chi connectivity index (χ3v) is 4.16. The van der Waals surface area contributed by atoms with E-state index in [1.165, 1.54) is 24.3 Å². The van der Waals surface area contributed by atoms with Crippen LogP contribution in [0.3, 0.4) is 0 Å². The Morgan fingerprint density at radius 1 is 1.05 bits per heavy atom. The molecule has 106 valence electrons. The summed E-state index contributed by atoms with van der Waals surface area (Å²) in [6.45, 7) is 0. The predicted molar refractivity (Wildman–Crippen MR) is 70.2 cm³/mol. The molecule has 0 saturated carbocycles. The fraction of sp³-hybridized carbons (Fsp3) is 0. The summed E-state index contributed by atoms with van der Waals surface area (Å²) in [6, 6.07) is 7.62. The van der Waals surface area contributed by atoms with Crippen molar-refractivity contribution in [2.75, 3.05) is 0 Å². The SMILES string of the molecule is O=C(O)c1cccc2c1-c1ccc(S(=O)(=O)[O-])cc1C2=O.[K+]. The van der Waals surface area contributed by atoms with E-state index in [1.807, 2.05) is 0 Å². The molecule has 0 fully saturated rings. The molecule has 0 spiro atoms. The fourth-order valence-corrected chi connectivity index (χ4v) is 2.94. The van der Waals surface area contributed by atoms with Crippen molar-refractivity contribution >= 4 is 21.9 Å². The minimum absolute atomic E-state index is 0. The van der Waals surface area contributed by atoms with Gasteiger partial charge in [-0.3, -0.25) is 4.79 Å². The van der Waals surface area contributed by atoms with Gasteiger partial charge in [0.05, 0.1) is 10.5 Å². The molecule has 1 aliphatic rings. The predicted octanol–water partition coefficient (Wildman–Crippen LogP) is -1.50. The van der Waals surface area contributed by atoms with Gasteiger partial charge in [0.2, 0.25) is 0 Å². The third-order valence-electron chi connectivity index (χ3n) is 3.33. The van der Waals surface area contributed by atoms with E-state index in [0.29, 0.717) is 5.56 Å². The van der Waals surface area contributed by atoms with Gasteiger partial charge in [-0.2, -0.15) is 0 Å². The summed E-state index contributed by atoms with van der Waals surface area (Å²) in [6.07, 6.45) is 0. The summed E-state index contributed by atoms with van der Waals surface area (Å²) >= 11 is 0. The number of carboxylic acid groups (broad SMARTS) is 1. The molecule has 2 aromatic carbocycles. The van der Waals surface area contributed by atoms with Crippen LogP contribution in [0, 0.1) is 0 Å². The Hall–Kier alpha value is -0.874. The Kier molecular flexibility index (Phi) is 4.74. The number of aromatic carboxylic acids is 1. The van der Waals surface area contributed by atoms with Crippen LogP contribution in [-0.4, -0.2) is 29.8 Å². The Balaban J connectivity index is 0.00000176. The second-order valence-electron chi connectivity index (χ2n) is 4.52. The smallest absolute Gasteiger partial charge is 0.744 e. The Morgan fingerprint density at radius 3 is 2.32 bits per heavy atom. The first-order chi connectivity index (χ1) is 9.80. The van der Waals surface area contributed by atoms with E-state index in [0.717, 1.165) is 12.1 Å². The topological polar surface area (TPSA) is 112 Å². The molecule has 0 radical (unpaired) electrons. The van der Waals surface area contributed by atoms with Gasteiger partial charge in [0.25, 0.3) is 0 Å². The summed E-state index contributed by atoms with van der Waals surface area (Å²) in [4.78, 5) is 23.0. The molecule has 22 heavy (non-hydrogen) atoms. The molecule has 3 rings (SSSR count). The van der Waals surface area contributed by atoms with Crippen molar-refractivity contribution in [3.8, 4) is 11.1 Å². The van der Waals surface area contributed by atoms with Gasteiger partial charge in [-0.25, -0.2) is 13.2 Å². The van der Waals surface area contributed by atoms with Crippen LogP contribution in [0.25, 0.3) is 11.1 Å². The van der Waals surface area contributed by atoms with E-state index < -0.39 is 26.8 Å². The molecule has 0 unspecified atom stereocenters. The van der Waals surface area contributed by atoms with Crippen molar-refractivity contribution in [2.45, 2.75) is 4.90 Å². The third kappa shape index (κ3) is 2.71. The van der Waals surface area contributed by atoms with Crippen LogP contribution in [0.5, 0.6) is 0 Å². The Labute approximate surface area is 168 Å². The molecule has 0 heterocycles. The molecule has 1 N–H and O–H groups in total. The van der Waals surface area contributed by atoms with Gasteiger partial charge >= 0.3 is 57.4 Å². The molecule has 0 amide bonds. The zero-order valence-electron chi connectivity index (χ0n) is 11.4.